The predicted molar refractivity (Wildman–Crippen MR) is 135 cm³/mol. The highest BCUT2D eigenvalue weighted by Gasteiger charge is 2.27. The van der Waals surface area contributed by atoms with Crippen molar-refractivity contribution in [1.29, 1.82) is 0 Å². The molecule has 3 rings (SSSR count). The van der Waals surface area contributed by atoms with Crippen molar-refractivity contribution in [3.05, 3.63) is 60.2 Å². The van der Waals surface area contributed by atoms with Gasteiger partial charge in [-0.25, -0.2) is 8.42 Å². The van der Waals surface area contributed by atoms with E-state index in [-0.39, 0.29) is 33.8 Å². The fourth-order valence-corrected chi connectivity index (χ4v) is 6.20. The van der Waals surface area contributed by atoms with E-state index in [4.69, 9.17) is 0 Å². The minimum absolute atomic E-state index is 0.0397. The lowest BCUT2D eigenvalue weighted by Crippen LogP contribution is -2.47. The van der Waals surface area contributed by atoms with Crippen LogP contribution in [0.1, 0.15) is 58.4 Å². The highest BCUT2D eigenvalue weighted by atomic mass is 32.2. The van der Waals surface area contributed by atoms with Crippen molar-refractivity contribution < 1.29 is 18.0 Å². The van der Waals surface area contributed by atoms with Gasteiger partial charge in [0.1, 0.15) is 6.04 Å². The van der Waals surface area contributed by atoms with E-state index in [2.05, 4.69) is 10.6 Å². The summed E-state index contributed by atoms with van der Waals surface area (Å²) in [6.45, 7) is 5.65. The summed E-state index contributed by atoms with van der Waals surface area (Å²) in [5.74, 6) is -0.400. The number of nitrogens with one attached hydrogen (secondary N) is 2. The summed E-state index contributed by atoms with van der Waals surface area (Å²) >= 11 is 0. The average molecular weight is 485 g/mol. The summed E-state index contributed by atoms with van der Waals surface area (Å²) in [6, 6.07) is 15.1. The quantitative estimate of drug-likeness (QED) is 0.565. The van der Waals surface area contributed by atoms with Gasteiger partial charge in [0.05, 0.1) is 10.6 Å². The Labute approximate surface area is 203 Å². The molecule has 0 aliphatic heterocycles. The Morgan fingerprint density at radius 3 is 2.15 bits per heavy atom. The number of amides is 2. The van der Waals surface area contributed by atoms with Crippen LogP contribution >= 0.6 is 0 Å². The summed E-state index contributed by atoms with van der Waals surface area (Å²) in [6.07, 6.45) is 5.32. The van der Waals surface area contributed by atoms with Gasteiger partial charge in [-0.1, -0.05) is 70.4 Å². The van der Waals surface area contributed by atoms with E-state index in [0.29, 0.717) is 12.1 Å². The normalized spacial score (nSPS) is 16.0. The number of sulfone groups is 1. The SMILES string of the molecule is CC(C)(C)CS(=O)(=O)c1ccc(NC(=O)[C@H](Cc2ccccc2)NC(=O)C2CCCCC2)cc1. The second kappa shape index (κ2) is 11.2. The average Bonchev–Trinajstić information content (AvgIpc) is 2.78. The lowest BCUT2D eigenvalue weighted by Gasteiger charge is -2.25. The van der Waals surface area contributed by atoms with Crippen LogP contribution in [-0.4, -0.2) is 32.0 Å². The van der Waals surface area contributed by atoms with Crippen LogP contribution in [0.4, 0.5) is 5.69 Å². The molecular formula is C27H36N2O4S. The molecule has 0 heterocycles. The zero-order valence-electron chi connectivity index (χ0n) is 20.3. The lowest BCUT2D eigenvalue weighted by atomic mass is 9.88. The molecule has 6 nitrogen and oxygen atoms in total. The molecule has 1 fully saturated rings. The van der Waals surface area contributed by atoms with Crippen LogP contribution in [0.2, 0.25) is 0 Å². The first kappa shape index (κ1) is 25.9. The maximum Gasteiger partial charge on any atom is 0.247 e. The van der Waals surface area contributed by atoms with Crippen LogP contribution in [0, 0.1) is 11.3 Å². The molecule has 2 aromatic carbocycles. The number of carbonyl (C=O) groups excluding carboxylic acids is 2. The monoisotopic (exact) mass is 484 g/mol. The summed E-state index contributed by atoms with van der Waals surface area (Å²) in [5, 5.41) is 5.82. The van der Waals surface area contributed by atoms with Crippen LogP contribution < -0.4 is 10.6 Å². The van der Waals surface area contributed by atoms with Gasteiger partial charge < -0.3 is 10.6 Å². The molecule has 0 radical (unpaired) electrons. The molecule has 1 aliphatic carbocycles. The van der Waals surface area contributed by atoms with Crippen LogP contribution in [0.5, 0.6) is 0 Å². The molecule has 0 aromatic heterocycles. The molecule has 2 amide bonds. The molecule has 7 heteroatoms. The molecule has 34 heavy (non-hydrogen) atoms. The zero-order chi connectivity index (χ0) is 24.8. The molecule has 1 atom stereocenters. The summed E-state index contributed by atoms with van der Waals surface area (Å²) < 4.78 is 25.3. The summed E-state index contributed by atoms with van der Waals surface area (Å²) in [7, 11) is -3.42. The molecule has 2 aromatic rings. The van der Waals surface area contributed by atoms with E-state index in [1.807, 2.05) is 51.1 Å². The predicted octanol–water partition coefficient (Wildman–Crippen LogP) is 4.75. The Hall–Kier alpha value is -2.67. The second-order valence-electron chi connectivity index (χ2n) is 10.4. The number of anilines is 1. The van der Waals surface area contributed by atoms with Crippen molar-refractivity contribution in [2.45, 2.75) is 70.2 Å². The molecule has 0 saturated heterocycles. The van der Waals surface area contributed by atoms with E-state index in [9.17, 15) is 18.0 Å². The van der Waals surface area contributed by atoms with Crippen molar-refractivity contribution in [2.75, 3.05) is 11.1 Å². The Morgan fingerprint density at radius 1 is 0.941 bits per heavy atom. The van der Waals surface area contributed by atoms with E-state index in [0.717, 1.165) is 37.7 Å². The molecule has 2 N–H and O–H groups in total. The van der Waals surface area contributed by atoms with Gasteiger partial charge in [-0.3, -0.25) is 9.59 Å². The minimum atomic E-state index is -3.42. The molecule has 0 bridgehead atoms. The summed E-state index contributed by atoms with van der Waals surface area (Å²) in [4.78, 5) is 26.3. The van der Waals surface area contributed by atoms with Crippen molar-refractivity contribution in [2.24, 2.45) is 11.3 Å². The number of benzene rings is 2. The van der Waals surface area contributed by atoms with Crippen LogP contribution in [0.25, 0.3) is 0 Å². The van der Waals surface area contributed by atoms with Crippen molar-refractivity contribution in [3.8, 4) is 0 Å². The Bertz CT molecular complexity index is 1070. The molecule has 0 spiro atoms. The van der Waals surface area contributed by atoms with Crippen molar-refractivity contribution in [1.82, 2.24) is 5.32 Å². The number of rotatable bonds is 8. The molecule has 0 unspecified atom stereocenters. The first-order valence-corrected chi connectivity index (χ1v) is 13.7. The van der Waals surface area contributed by atoms with E-state index >= 15 is 0 Å². The summed E-state index contributed by atoms with van der Waals surface area (Å²) in [5.41, 5.74) is 1.09. The van der Waals surface area contributed by atoms with E-state index in [1.165, 1.54) is 12.1 Å². The van der Waals surface area contributed by atoms with Crippen LogP contribution in [-0.2, 0) is 25.8 Å². The van der Waals surface area contributed by atoms with Gasteiger partial charge in [0.15, 0.2) is 9.84 Å². The van der Waals surface area contributed by atoms with Gasteiger partial charge in [0.25, 0.3) is 0 Å². The minimum Gasteiger partial charge on any atom is -0.344 e. The number of hydrogen-bond donors (Lipinski definition) is 2. The number of carbonyl (C=O) groups is 2. The van der Waals surface area contributed by atoms with Crippen molar-refractivity contribution in [3.63, 3.8) is 0 Å². The van der Waals surface area contributed by atoms with Gasteiger partial charge in [0, 0.05) is 18.0 Å². The van der Waals surface area contributed by atoms with E-state index in [1.54, 1.807) is 12.1 Å². The highest BCUT2D eigenvalue weighted by Crippen LogP contribution is 2.25. The Kier molecular flexibility index (Phi) is 8.52. The standard InChI is InChI=1S/C27H36N2O4S/c1-27(2,3)19-34(32,33)23-16-14-22(15-17-23)28-26(31)24(18-20-10-6-4-7-11-20)29-25(30)21-12-8-5-9-13-21/h4,6-7,10-11,14-17,21,24H,5,8-9,12-13,18-19H2,1-3H3,(H,28,31)(H,29,30)/t24-/m0/s1. The van der Waals surface area contributed by atoms with Crippen LogP contribution in [0.15, 0.2) is 59.5 Å². The molecule has 1 aliphatic rings. The van der Waals surface area contributed by atoms with Crippen LogP contribution in [0.3, 0.4) is 0 Å². The maximum atomic E-state index is 13.2. The number of hydrogen-bond acceptors (Lipinski definition) is 4. The smallest absolute Gasteiger partial charge is 0.247 e. The maximum absolute atomic E-state index is 13.2. The fraction of sp³-hybridized carbons (Fsp3) is 0.481. The van der Waals surface area contributed by atoms with Gasteiger partial charge in [-0.05, 0) is 48.1 Å². The third-order valence-electron chi connectivity index (χ3n) is 6.00. The highest BCUT2D eigenvalue weighted by molar-refractivity contribution is 7.91. The zero-order valence-corrected chi connectivity index (χ0v) is 21.2. The third kappa shape index (κ3) is 7.69. The molecule has 1 saturated carbocycles. The largest absolute Gasteiger partial charge is 0.344 e. The lowest BCUT2D eigenvalue weighted by molar-refractivity contribution is -0.130. The first-order valence-electron chi connectivity index (χ1n) is 12.0. The van der Waals surface area contributed by atoms with Gasteiger partial charge in [-0.15, -0.1) is 0 Å². The molecular weight excluding hydrogens is 448 g/mol. The van der Waals surface area contributed by atoms with E-state index < -0.39 is 15.9 Å². The van der Waals surface area contributed by atoms with Gasteiger partial charge in [-0.2, -0.15) is 0 Å². The van der Waals surface area contributed by atoms with Crippen molar-refractivity contribution >= 4 is 27.3 Å². The topological polar surface area (TPSA) is 92.3 Å². The first-order chi connectivity index (χ1) is 16.0. The second-order valence-corrected chi connectivity index (χ2v) is 12.4. The Morgan fingerprint density at radius 2 is 1.56 bits per heavy atom. The fourth-order valence-electron chi connectivity index (χ4n) is 4.34. The molecule has 184 valence electrons. The third-order valence-corrected chi connectivity index (χ3v) is 8.23. The Balaban J connectivity index is 1.72. The van der Waals surface area contributed by atoms with Gasteiger partial charge >= 0.3 is 0 Å². The van der Waals surface area contributed by atoms with Gasteiger partial charge in [0.2, 0.25) is 11.8 Å².